The SMILES string of the molecule is CCC(N)(CC)CNC(=O)CCC(=O)c1ccc2c(c1)CCCC2. The molecule has 1 aliphatic carbocycles. The zero-order valence-electron chi connectivity index (χ0n) is 15.0. The number of hydrogen-bond donors (Lipinski definition) is 2. The first-order valence-electron chi connectivity index (χ1n) is 9.18. The van der Waals surface area contributed by atoms with Crippen LogP contribution in [0.1, 0.15) is 73.9 Å². The van der Waals surface area contributed by atoms with Crippen molar-refractivity contribution in [2.24, 2.45) is 5.73 Å². The summed E-state index contributed by atoms with van der Waals surface area (Å²) in [6, 6.07) is 6.00. The van der Waals surface area contributed by atoms with Gasteiger partial charge in [-0.15, -0.1) is 0 Å². The van der Waals surface area contributed by atoms with E-state index in [0.717, 1.165) is 31.2 Å². The molecule has 0 bridgehead atoms. The molecule has 0 heterocycles. The van der Waals surface area contributed by atoms with E-state index in [1.54, 1.807) is 0 Å². The van der Waals surface area contributed by atoms with Crippen LogP contribution in [0.5, 0.6) is 0 Å². The molecule has 0 aliphatic heterocycles. The molecular formula is C20H30N2O2. The lowest BCUT2D eigenvalue weighted by Gasteiger charge is -2.26. The van der Waals surface area contributed by atoms with E-state index in [2.05, 4.69) is 11.4 Å². The van der Waals surface area contributed by atoms with Crippen molar-refractivity contribution in [1.29, 1.82) is 0 Å². The third-order valence-electron chi connectivity index (χ3n) is 5.30. The van der Waals surface area contributed by atoms with Crippen LogP contribution in [0.15, 0.2) is 18.2 Å². The molecule has 0 saturated heterocycles. The molecule has 0 unspecified atom stereocenters. The minimum atomic E-state index is -0.349. The van der Waals surface area contributed by atoms with Crippen LogP contribution in [0.2, 0.25) is 0 Å². The fourth-order valence-corrected chi connectivity index (χ4v) is 3.14. The van der Waals surface area contributed by atoms with E-state index in [0.29, 0.717) is 6.54 Å². The Morgan fingerprint density at radius 3 is 2.42 bits per heavy atom. The molecule has 2 rings (SSSR count). The smallest absolute Gasteiger partial charge is 0.220 e. The molecular weight excluding hydrogens is 300 g/mol. The molecule has 24 heavy (non-hydrogen) atoms. The number of benzene rings is 1. The first-order valence-corrected chi connectivity index (χ1v) is 9.18. The topological polar surface area (TPSA) is 72.2 Å². The number of amides is 1. The standard InChI is InChI=1S/C20H30N2O2/c1-3-20(21,4-2)14-22-19(24)12-11-18(23)17-10-9-15-7-5-6-8-16(15)13-17/h9-10,13H,3-8,11-12,14,21H2,1-2H3,(H,22,24). The number of fused-ring (bicyclic) bond motifs is 1. The van der Waals surface area contributed by atoms with E-state index < -0.39 is 0 Å². The lowest BCUT2D eigenvalue weighted by Crippen LogP contribution is -2.49. The maximum absolute atomic E-state index is 12.3. The first kappa shape index (κ1) is 18.7. The summed E-state index contributed by atoms with van der Waals surface area (Å²) in [6.07, 6.45) is 6.71. The molecule has 0 fully saturated rings. The van der Waals surface area contributed by atoms with Crippen molar-refractivity contribution in [2.45, 2.75) is 70.8 Å². The predicted octanol–water partition coefficient (Wildman–Crippen LogP) is 3.16. The van der Waals surface area contributed by atoms with Crippen molar-refractivity contribution in [2.75, 3.05) is 6.54 Å². The van der Waals surface area contributed by atoms with Gasteiger partial charge in [0.2, 0.25) is 5.91 Å². The summed E-state index contributed by atoms with van der Waals surface area (Å²) in [5, 5.41) is 2.87. The molecule has 1 aliphatic rings. The summed E-state index contributed by atoms with van der Waals surface area (Å²) < 4.78 is 0. The number of carbonyl (C=O) groups excluding carboxylic acids is 2. The summed E-state index contributed by atoms with van der Waals surface area (Å²) in [5.74, 6) is -0.0541. The minimum Gasteiger partial charge on any atom is -0.354 e. The molecule has 4 nitrogen and oxygen atoms in total. The summed E-state index contributed by atoms with van der Waals surface area (Å²) in [6.45, 7) is 4.51. The van der Waals surface area contributed by atoms with Crippen molar-refractivity contribution in [3.8, 4) is 0 Å². The number of ketones is 1. The number of rotatable bonds is 8. The quantitative estimate of drug-likeness (QED) is 0.719. The van der Waals surface area contributed by atoms with E-state index in [9.17, 15) is 9.59 Å². The van der Waals surface area contributed by atoms with E-state index >= 15 is 0 Å². The fraction of sp³-hybridized carbons (Fsp3) is 0.600. The molecule has 132 valence electrons. The van der Waals surface area contributed by atoms with Crippen molar-refractivity contribution in [1.82, 2.24) is 5.32 Å². The van der Waals surface area contributed by atoms with Gasteiger partial charge < -0.3 is 11.1 Å². The Labute approximate surface area is 145 Å². The van der Waals surface area contributed by atoms with Gasteiger partial charge in [0.1, 0.15) is 0 Å². The maximum atomic E-state index is 12.3. The molecule has 4 heteroatoms. The van der Waals surface area contributed by atoms with Crippen molar-refractivity contribution < 1.29 is 9.59 Å². The third-order valence-corrected chi connectivity index (χ3v) is 5.30. The number of carbonyl (C=O) groups is 2. The molecule has 0 spiro atoms. The highest BCUT2D eigenvalue weighted by molar-refractivity contribution is 5.98. The number of aryl methyl sites for hydroxylation is 2. The largest absolute Gasteiger partial charge is 0.354 e. The van der Waals surface area contributed by atoms with Crippen LogP contribution in [-0.4, -0.2) is 23.8 Å². The van der Waals surface area contributed by atoms with Crippen molar-refractivity contribution >= 4 is 11.7 Å². The average molecular weight is 330 g/mol. The monoisotopic (exact) mass is 330 g/mol. The molecule has 0 saturated carbocycles. The van der Waals surface area contributed by atoms with Gasteiger partial charge in [-0.05, 0) is 55.7 Å². The van der Waals surface area contributed by atoms with Crippen LogP contribution in [0.4, 0.5) is 0 Å². The van der Waals surface area contributed by atoms with Crippen LogP contribution < -0.4 is 11.1 Å². The van der Waals surface area contributed by atoms with Gasteiger partial charge in [0.25, 0.3) is 0 Å². The van der Waals surface area contributed by atoms with Gasteiger partial charge in [0, 0.05) is 30.5 Å². The molecule has 3 N–H and O–H groups in total. The van der Waals surface area contributed by atoms with Crippen molar-refractivity contribution in [3.63, 3.8) is 0 Å². The number of nitrogens with one attached hydrogen (secondary N) is 1. The molecule has 0 aromatic heterocycles. The van der Waals surface area contributed by atoms with Crippen LogP contribution in [-0.2, 0) is 17.6 Å². The van der Waals surface area contributed by atoms with Crippen LogP contribution in [0.3, 0.4) is 0 Å². The van der Waals surface area contributed by atoms with E-state index in [4.69, 9.17) is 5.73 Å². The summed E-state index contributed by atoms with van der Waals surface area (Å²) >= 11 is 0. The second-order valence-electron chi connectivity index (χ2n) is 6.96. The zero-order chi connectivity index (χ0) is 17.6. The Morgan fingerprint density at radius 2 is 1.75 bits per heavy atom. The van der Waals surface area contributed by atoms with Gasteiger partial charge in [-0.25, -0.2) is 0 Å². The normalized spacial score (nSPS) is 14.1. The second-order valence-corrected chi connectivity index (χ2v) is 6.96. The fourth-order valence-electron chi connectivity index (χ4n) is 3.14. The molecule has 0 atom stereocenters. The number of nitrogens with two attached hydrogens (primary N) is 1. The third kappa shape index (κ3) is 4.91. The minimum absolute atomic E-state index is 0.0449. The van der Waals surface area contributed by atoms with Crippen LogP contribution in [0, 0.1) is 0 Å². The van der Waals surface area contributed by atoms with Gasteiger partial charge >= 0.3 is 0 Å². The second kappa shape index (κ2) is 8.43. The van der Waals surface area contributed by atoms with E-state index in [1.165, 1.54) is 24.0 Å². The van der Waals surface area contributed by atoms with Gasteiger partial charge in [0.15, 0.2) is 5.78 Å². The number of hydrogen-bond acceptors (Lipinski definition) is 3. The molecule has 1 aromatic rings. The van der Waals surface area contributed by atoms with E-state index in [-0.39, 0.29) is 30.1 Å². The highest BCUT2D eigenvalue weighted by Crippen LogP contribution is 2.23. The highest BCUT2D eigenvalue weighted by atomic mass is 16.2. The molecule has 0 radical (unpaired) electrons. The Hall–Kier alpha value is -1.68. The summed E-state index contributed by atoms with van der Waals surface area (Å²) in [4.78, 5) is 24.3. The van der Waals surface area contributed by atoms with E-state index in [1.807, 2.05) is 26.0 Å². The van der Waals surface area contributed by atoms with Crippen LogP contribution >= 0.6 is 0 Å². The lowest BCUT2D eigenvalue weighted by atomic mass is 9.89. The maximum Gasteiger partial charge on any atom is 0.220 e. The zero-order valence-corrected chi connectivity index (χ0v) is 15.0. The molecule has 1 amide bonds. The first-order chi connectivity index (χ1) is 11.5. The highest BCUT2D eigenvalue weighted by Gasteiger charge is 2.21. The average Bonchev–Trinajstić information content (AvgIpc) is 2.63. The van der Waals surface area contributed by atoms with Crippen molar-refractivity contribution in [3.05, 3.63) is 34.9 Å². The Bertz CT molecular complexity index is 591. The summed E-state index contributed by atoms with van der Waals surface area (Å²) in [5.41, 5.74) is 9.23. The Kier molecular flexibility index (Phi) is 6.55. The molecule has 1 aromatic carbocycles. The van der Waals surface area contributed by atoms with Gasteiger partial charge in [-0.1, -0.05) is 26.0 Å². The lowest BCUT2D eigenvalue weighted by molar-refractivity contribution is -0.121. The number of Topliss-reactive ketones (excluding diaryl/α,β-unsaturated/α-hetero) is 1. The van der Waals surface area contributed by atoms with Gasteiger partial charge in [0.05, 0.1) is 0 Å². The van der Waals surface area contributed by atoms with Gasteiger partial charge in [-0.2, -0.15) is 0 Å². The van der Waals surface area contributed by atoms with Gasteiger partial charge in [-0.3, -0.25) is 9.59 Å². The summed E-state index contributed by atoms with van der Waals surface area (Å²) in [7, 11) is 0. The predicted molar refractivity (Wildman–Crippen MR) is 97.2 cm³/mol. The van der Waals surface area contributed by atoms with Crippen LogP contribution in [0.25, 0.3) is 0 Å². The Balaban J connectivity index is 1.83. The Morgan fingerprint density at radius 1 is 1.08 bits per heavy atom.